The van der Waals surface area contributed by atoms with Crippen molar-refractivity contribution in [2.45, 2.75) is 12.8 Å². The molecule has 0 aliphatic carbocycles. The van der Waals surface area contributed by atoms with Crippen LogP contribution in [0.4, 0.5) is 26.4 Å². The second-order valence-electron chi connectivity index (χ2n) is 6.64. The first-order valence-electron chi connectivity index (χ1n) is 9.20. The molecule has 0 unspecified atom stereocenters. The average molecular weight is 377 g/mol. The minimum atomic E-state index is -0.403. The van der Waals surface area contributed by atoms with Crippen LogP contribution >= 0.6 is 0 Å². The number of halogens is 1. The highest BCUT2D eigenvalue weighted by Gasteiger charge is 2.14. The molecule has 2 heterocycles. The molecule has 3 aromatic rings. The number of nitrogens with zero attached hydrogens (tertiary/aromatic N) is 3. The molecule has 2 aromatic carbocycles. The third-order valence-corrected chi connectivity index (χ3v) is 4.60. The van der Waals surface area contributed by atoms with Crippen LogP contribution in [0.5, 0.6) is 0 Å². The fourth-order valence-electron chi connectivity index (χ4n) is 3.18. The van der Waals surface area contributed by atoms with Crippen molar-refractivity contribution in [3.63, 3.8) is 0 Å². The maximum absolute atomic E-state index is 12.9. The average Bonchev–Trinajstić information content (AvgIpc) is 3.25. The van der Waals surface area contributed by atoms with Crippen LogP contribution in [0.3, 0.4) is 0 Å². The van der Waals surface area contributed by atoms with Gasteiger partial charge in [0.15, 0.2) is 5.82 Å². The Kier molecular flexibility index (Phi) is 5.14. The van der Waals surface area contributed by atoms with Crippen molar-refractivity contribution >= 4 is 23.2 Å². The zero-order chi connectivity index (χ0) is 19.3. The molecular formula is C21H20FN5O. The van der Waals surface area contributed by atoms with Crippen molar-refractivity contribution in [2.24, 2.45) is 0 Å². The summed E-state index contributed by atoms with van der Waals surface area (Å²) >= 11 is 0. The van der Waals surface area contributed by atoms with Crippen LogP contribution in [0.25, 0.3) is 11.3 Å². The van der Waals surface area contributed by atoms with Crippen molar-refractivity contribution in [1.82, 2.24) is 10.2 Å². The third-order valence-electron chi connectivity index (χ3n) is 4.60. The van der Waals surface area contributed by atoms with Crippen molar-refractivity contribution in [3.05, 3.63) is 66.5 Å². The van der Waals surface area contributed by atoms with Gasteiger partial charge in [-0.15, -0.1) is 10.2 Å². The molecule has 4 rings (SSSR count). The molecule has 1 aliphatic rings. The number of carbonyl (C=O) groups excluding carboxylic acids is 1. The number of hydrogen-bond acceptors (Lipinski definition) is 4. The topological polar surface area (TPSA) is 70.2 Å². The number of rotatable bonds is 4. The maximum atomic E-state index is 12.9. The Morgan fingerprint density at radius 3 is 2.36 bits per heavy atom. The zero-order valence-corrected chi connectivity index (χ0v) is 15.2. The lowest BCUT2D eigenvalue weighted by Gasteiger charge is -2.15. The lowest BCUT2D eigenvalue weighted by atomic mass is 10.1. The summed E-state index contributed by atoms with van der Waals surface area (Å²) in [7, 11) is 0. The summed E-state index contributed by atoms with van der Waals surface area (Å²) in [5.41, 5.74) is 2.74. The van der Waals surface area contributed by atoms with Gasteiger partial charge < -0.3 is 15.5 Å². The molecule has 0 radical (unpaired) electrons. The Morgan fingerprint density at radius 1 is 0.893 bits per heavy atom. The molecule has 6 nitrogen and oxygen atoms in total. The Labute approximate surface area is 162 Å². The van der Waals surface area contributed by atoms with Crippen LogP contribution in [0, 0.1) is 5.82 Å². The molecule has 28 heavy (non-hydrogen) atoms. The molecular weight excluding hydrogens is 357 g/mol. The first-order chi connectivity index (χ1) is 13.7. The van der Waals surface area contributed by atoms with Crippen LogP contribution in [0.1, 0.15) is 12.8 Å². The van der Waals surface area contributed by atoms with Crippen LogP contribution < -0.4 is 15.5 Å². The Hall–Kier alpha value is -3.48. The largest absolute Gasteiger partial charge is 0.355 e. The van der Waals surface area contributed by atoms with E-state index in [0.717, 1.165) is 30.2 Å². The number of urea groups is 1. The van der Waals surface area contributed by atoms with E-state index in [1.807, 2.05) is 30.3 Å². The first kappa shape index (κ1) is 17.9. The molecule has 142 valence electrons. The second kappa shape index (κ2) is 8.04. The van der Waals surface area contributed by atoms with Gasteiger partial charge in [-0.1, -0.05) is 12.1 Å². The molecule has 2 N–H and O–H groups in total. The normalized spacial score (nSPS) is 13.4. The zero-order valence-electron chi connectivity index (χ0n) is 15.2. The van der Waals surface area contributed by atoms with E-state index in [1.165, 1.54) is 37.1 Å². The van der Waals surface area contributed by atoms with Crippen LogP contribution in [0.15, 0.2) is 60.7 Å². The monoisotopic (exact) mass is 377 g/mol. The van der Waals surface area contributed by atoms with E-state index >= 15 is 0 Å². The number of carbonyl (C=O) groups is 1. The van der Waals surface area contributed by atoms with Gasteiger partial charge in [-0.2, -0.15) is 0 Å². The first-order valence-corrected chi connectivity index (χ1v) is 9.20. The number of hydrogen-bond donors (Lipinski definition) is 2. The van der Waals surface area contributed by atoms with Gasteiger partial charge in [-0.05, 0) is 61.4 Å². The highest BCUT2D eigenvalue weighted by Crippen LogP contribution is 2.23. The van der Waals surface area contributed by atoms with Crippen molar-refractivity contribution in [1.29, 1.82) is 0 Å². The number of amides is 2. The van der Waals surface area contributed by atoms with E-state index in [1.54, 1.807) is 6.07 Å². The molecule has 0 bridgehead atoms. The maximum Gasteiger partial charge on any atom is 0.323 e. The quantitative estimate of drug-likeness (QED) is 0.701. The molecule has 0 spiro atoms. The Bertz CT molecular complexity index is 953. The number of benzene rings is 2. The molecule has 1 fully saturated rings. The standard InChI is InChI=1S/C21H20FN5O/c22-16-6-8-17(9-7-16)23-21(28)24-18-5-3-4-15(14-18)19-10-11-20(26-25-19)27-12-1-2-13-27/h3-11,14H,1-2,12-13H2,(H2,23,24,28). The highest BCUT2D eigenvalue weighted by atomic mass is 19.1. The van der Waals surface area contributed by atoms with Gasteiger partial charge in [0.1, 0.15) is 5.82 Å². The van der Waals surface area contributed by atoms with Gasteiger partial charge >= 0.3 is 6.03 Å². The van der Waals surface area contributed by atoms with E-state index in [-0.39, 0.29) is 5.82 Å². The van der Waals surface area contributed by atoms with Crippen LogP contribution in [-0.4, -0.2) is 29.3 Å². The van der Waals surface area contributed by atoms with Gasteiger partial charge in [0.2, 0.25) is 0 Å². The fraction of sp³-hybridized carbons (Fsp3) is 0.190. The predicted octanol–water partition coefficient (Wildman–Crippen LogP) is 4.53. The summed E-state index contributed by atoms with van der Waals surface area (Å²) in [6.45, 7) is 2.05. The van der Waals surface area contributed by atoms with E-state index in [9.17, 15) is 9.18 Å². The SMILES string of the molecule is O=C(Nc1ccc(F)cc1)Nc1cccc(-c2ccc(N3CCCC3)nn2)c1. The highest BCUT2D eigenvalue weighted by molar-refractivity contribution is 6.00. The van der Waals surface area contributed by atoms with Gasteiger partial charge in [0.25, 0.3) is 0 Å². The van der Waals surface area contributed by atoms with E-state index in [0.29, 0.717) is 11.4 Å². The fourth-order valence-corrected chi connectivity index (χ4v) is 3.18. The van der Waals surface area contributed by atoms with E-state index in [2.05, 4.69) is 25.7 Å². The lowest BCUT2D eigenvalue weighted by molar-refractivity contribution is 0.262. The molecule has 1 saturated heterocycles. The van der Waals surface area contributed by atoms with E-state index < -0.39 is 6.03 Å². The van der Waals surface area contributed by atoms with Gasteiger partial charge in [0.05, 0.1) is 5.69 Å². The molecule has 0 saturated carbocycles. The minimum absolute atomic E-state index is 0.351. The molecule has 0 atom stereocenters. The summed E-state index contributed by atoms with van der Waals surface area (Å²) in [6.07, 6.45) is 2.38. The van der Waals surface area contributed by atoms with Crippen molar-refractivity contribution < 1.29 is 9.18 Å². The molecule has 7 heteroatoms. The van der Waals surface area contributed by atoms with Crippen molar-refractivity contribution in [2.75, 3.05) is 28.6 Å². The van der Waals surface area contributed by atoms with E-state index in [4.69, 9.17) is 0 Å². The summed E-state index contributed by atoms with van der Waals surface area (Å²) in [4.78, 5) is 14.4. The summed E-state index contributed by atoms with van der Waals surface area (Å²) in [5.74, 6) is 0.546. The predicted molar refractivity (Wildman–Crippen MR) is 108 cm³/mol. The summed E-state index contributed by atoms with van der Waals surface area (Å²) < 4.78 is 12.9. The van der Waals surface area contributed by atoms with Gasteiger partial charge in [0, 0.05) is 30.0 Å². The van der Waals surface area contributed by atoms with Crippen LogP contribution in [-0.2, 0) is 0 Å². The minimum Gasteiger partial charge on any atom is -0.355 e. The third kappa shape index (κ3) is 4.25. The summed E-state index contributed by atoms with van der Waals surface area (Å²) in [5, 5.41) is 14.1. The van der Waals surface area contributed by atoms with Crippen molar-refractivity contribution in [3.8, 4) is 11.3 Å². The number of nitrogens with one attached hydrogen (secondary N) is 2. The number of aromatic nitrogens is 2. The molecule has 2 amide bonds. The smallest absolute Gasteiger partial charge is 0.323 e. The van der Waals surface area contributed by atoms with Crippen LogP contribution in [0.2, 0.25) is 0 Å². The van der Waals surface area contributed by atoms with Gasteiger partial charge in [-0.25, -0.2) is 9.18 Å². The Morgan fingerprint density at radius 2 is 1.64 bits per heavy atom. The van der Waals surface area contributed by atoms with Gasteiger partial charge in [-0.3, -0.25) is 0 Å². The molecule has 1 aromatic heterocycles. The Balaban J connectivity index is 1.43. The lowest BCUT2D eigenvalue weighted by Crippen LogP contribution is -2.19. The molecule has 1 aliphatic heterocycles. The second-order valence-corrected chi connectivity index (χ2v) is 6.64. The number of anilines is 3. The summed E-state index contributed by atoms with van der Waals surface area (Å²) in [6, 6.07) is 16.5.